The predicted octanol–water partition coefficient (Wildman–Crippen LogP) is 4.45. The Morgan fingerprint density at radius 1 is 0.971 bits per heavy atom. The Balaban J connectivity index is 2.09. The van der Waals surface area contributed by atoms with Crippen molar-refractivity contribution in [1.29, 1.82) is 0 Å². The van der Waals surface area contributed by atoms with E-state index in [0.29, 0.717) is 10.0 Å². The molecule has 4 aromatic rings. The molecule has 0 saturated carbocycles. The Morgan fingerprint density at radius 3 is 2.37 bits per heavy atom. The van der Waals surface area contributed by atoms with E-state index in [9.17, 15) is 35.1 Å². The minimum atomic E-state index is -1.00. The molecule has 0 saturated heterocycles. The third kappa shape index (κ3) is 4.35. The van der Waals surface area contributed by atoms with Gasteiger partial charge in [-0.15, -0.1) is 0 Å². The van der Waals surface area contributed by atoms with Crippen LogP contribution in [0, 0.1) is 0 Å². The molecule has 3 aromatic carbocycles. The molecule has 1 heterocycles. The normalized spacial score (nSPS) is 11.9. The maximum Gasteiger partial charge on any atom is 0.306 e. The lowest BCUT2D eigenvalue weighted by Crippen LogP contribution is -2.12. The smallest absolute Gasteiger partial charge is 0.306 e. The molecule has 1 aromatic heterocycles. The highest BCUT2D eigenvalue weighted by Crippen LogP contribution is 2.45. The Kier molecular flexibility index (Phi) is 6.31. The van der Waals surface area contributed by atoms with Gasteiger partial charge in [-0.3, -0.25) is 9.59 Å². The topological polar surface area (TPSA) is 158 Å². The molecule has 0 aliphatic carbocycles. The number of rotatable bonds is 5. The quantitative estimate of drug-likeness (QED) is 0.181. The highest BCUT2D eigenvalue weighted by atomic mass is 79.9. The van der Waals surface area contributed by atoms with Gasteiger partial charge in [-0.2, -0.15) is 0 Å². The SMILES string of the molecule is COC(=O)CC(c1cccc(Br)c1)c1c(O)cc(O)c2c(=O)c(O)c(-c3ccc(O)c(O)c3)oc12. The fourth-order valence-electron chi connectivity index (χ4n) is 3.90. The standard InChI is InChI=1S/C25H19BrO9/c1-34-19(31)9-14(11-3-2-4-13(26)7-11)20-17(29)10-18(30)21-22(32)23(33)24(35-25(20)21)12-5-6-15(27)16(28)8-12/h2-8,10,14,27-30,33H,9H2,1H3. The van der Waals surface area contributed by atoms with Crippen molar-refractivity contribution in [3.63, 3.8) is 0 Å². The summed E-state index contributed by atoms with van der Waals surface area (Å²) in [7, 11) is 1.21. The summed E-state index contributed by atoms with van der Waals surface area (Å²) >= 11 is 3.37. The lowest BCUT2D eigenvalue weighted by Gasteiger charge is -2.20. The first-order valence-corrected chi connectivity index (χ1v) is 11.0. The Bertz CT molecular complexity index is 1520. The second kappa shape index (κ2) is 9.22. The van der Waals surface area contributed by atoms with E-state index in [1.807, 2.05) is 0 Å². The van der Waals surface area contributed by atoms with Gasteiger partial charge in [0.2, 0.25) is 11.2 Å². The molecule has 9 nitrogen and oxygen atoms in total. The van der Waals surface area contributed by atoms with Crippen LogP contribution in [0.4, 0.5) is 0 Å². The van der Waals surface area contributed by atoms with Gasteiger partial charge < -0.3 is 34.7 Å². The fraction of sp³-hybridized carbons (Fsp3) is 0.120. The number of fused-ring (bicyclic) bond motifs is 1. The molecule has 180 valence electrons. The van der Waals surface area contributed by atoms with Crippen LogP contribution in [0.25, 0.3) is 22.3 Å². The van der Waals surface area contributed by atoms with Gasteiger partial charge >= 0.3 is 5.97 Å². The zero-order valence-corrected chi connectivity index (χ0v) is 19.7. The minimum absolute atomic E-state index is 0.00245. The molecule has 0 radical (unpaired) electrons. The van der Waals surface area contributed by atoms with E-state index >= 15 is 0 Å². The summed E-state index contributed by atoms with van der Waals surface area (Å²) in [6.45, 7) is 0. The third-order valence-corrected chi connectivity index (χ3v) is 6.07. The number of ether oxygens (including phenoxy) is 1. The van der Waals surface area contributed by atoms with Gasteiger partial charge in [0.15, 0.2) is 17.3 Å². The number of carbonyl (C=O) groups excluding carboxylic acids is 1. The molecule has 0 fully saturated rings. The first kappa shape index (κ1) is 24.0. The van der Waals surface area contributed by atoms with Crippen molar-refractivity contribution >= 4 is 32.9 Å². The average molecular weight is 543 g/mol. The van der Waals surface area contributed by atoms with Crippen LogP contribution in [0.3, 0.4) is 0 Å². The van der Waals surface area contributed by atoms with E-state index in [1.54, 1.807) is 24.3 Å². The van der Waals surface area contributed by atoms with Gasteiger partial charge in [-0.1, -0.05) is 28.1 Å². The Labute approximate surface area is 206 Å². The highest BCUT2D eigenvalue weighted by Gasteiger charge is 2.30. The molecule has 4 rings (SSSR count). The first-order chi connectivity index (χ1) is 16.6. The number of carbonyl (C=O) groups is 1. The molecule has 5 N–H and O–H groups in total. The second-order valence-electron chi connectivity index (χ2n) is 7.73. The Hall–Kier alpha value is -4.18. The molecule has 35 heavy (non-hydrogen) atoms. The van der Waals surface area contributed by atoms with Gasteiger partial charge in [0, 0.05) is 27.6 Å². The minimum Gasteiger partial charge on any atom is -0.507 e. The lowest BCUT2D eigenvalue weighted by atomic mass is 9.86. The van der Waals surface area contributed by atoms with Crippen molar-refractivity contribution < 1.29 is 39.5 Å². The monoisotopic (exact) mass is 542 g/mol. The largest absolute Gasteiger partial charge is 0.507 e. The summed E-state index contributed by atoms with van der Waals surface area (Å²) < 4.78 is 11.4. The van der Waals surface area contributed by atoms with Crippen molar-refractivity contribution in [2.24, 2.45) is 0 Å². The first-order valence-electron chi connectivity index (χ1n) is 10.2. The number of hydrogen-bond donors (Lipinski definition) is 5. The summed E-state index contributed by atoms with van der Waals surface area (Å²) in [4.78, 5) is 25.4. The predicted molar refractivity (Wildman–Crippen MR) is 129 cm³/mol. The van der Waals surface area contributed by atoms with Crippen LogP contribution in [0.5, 0.6) is 28.7 Å². The second-order valence-corrected chi connectivity index (χ2v) is 8.65. The number of phenols is 4. The van der Waals surface area contributed by atoms with Gasteiger partial charge in [0.25, 0.3) is 0 Å². The van der Waals surface area contributed by atoms with Gasteiger partial charge in [-0.05, 0) is 35.9 Å². The van der Waals surface area contributed by atoms with Crippen LogP contribution < -0.4 is 5.43 Å². The number of phenolic OH excluding ortho intramolecular Hbond substituents is 4. The number of halogens is 1. The van der Waals surface area contributed by atoms with Gasteiger partial charge in [0.05, 0.1) is 13.5 Å². The zero-order chi connectivity index (χ0) is 25.4. The molecule has 1 unspecified atom stereocenters. The fourth-order valence-corrected chi connectivity index (χ4v) is 4.32. The number of esters is 1. The molecule has 0 aliphatic heterocycles. The molecular weight excluding hydrogens is 524 g/mol. The van der Waals surface area contributed by atoms with Crippen molar-refractivity contribution in [3.8, 4) is 40.1 Å². The molecule has 0 spiro atoms. The summed E-state index contributed by atoms with van der Waals surface area (Å²) in [6, 6.07) is 11.3. The average Bonchev–Trinajstić information content (AvgIpc) is 2.81. The maximum absolute atomic E-state index is 13.1. The number of hydrogen-bond acceptors (Lipinski definition) is 9. The van der Waals surface area contributed by atoms with E-state index in [-0.39, 0.29) is 28.9 Å². The van der Waals surface area contributed by atoms with Crippen LogP contribution in [0.1, 0.15) is 23.5 Å². The summed E-state index contributed by atoms with van der Waals surface area (Å²) in [5, 5.41) is 50.9. The van der Waals surface area contributed by atoms with Crippen LogP contribution >= 0.6 is 15.9 Å². The van der Waals surface area contributed by atoms with Crippen LogP contribution in [0.2, 0.25) is 0 Å². The van der Waals surface area contributed by atoms with Crippen LogP contribution in [-0.2, 0) is 9.53 Å². The van der Waals surface area contributed by atoms with E-state index in [2.05, 4.69) is 15.9 Å². The molecular formula is C25H19BrO9. The third-order valence-electron chi connectivity index (χ3n) is 5.57. The van der Waals surface area contributed by atoms with Crippen molar-refractivity contribution in [3.05, 3.63) is 74.4 Å². The summed E-state index contributed by atoms with van der Waals surface area (Å²) in [5.41, 5.74) is -0.674. The number of aromatic hydroxyl groups is 5. The maximum atomic E-state index is 13.1. The van der Waals surface area contributed by atoms with Crippen molar-refractivity contribution in [2.75, 3.05) is 7.11 Å². The Morgan fingerprint density at radius 2 is 1.71 bits per heavy atom. The van der Waals surface area contributed by atoms with Crippen molar-refractivity contribution in [1.82, 2.24) is 0 Å². The van der Waals surface area contributed by atoms with Crippen LogP contribution in [-0.4, -0.2) is 38.6 Å². The molecule has 0 aliphatic rings. The van der Waals surface area contributed by atoms with Crippen LogP contribution in [0.15, 0.2) is 62.2 Å². The zero-order valence-electron chi connectivity index (χ0n) is 18.2. The van der Waals surface area contributed by atoms with Crippen molar-refractivity contribution in [2.45, 2.75) is 12.3 Å². The number of benzene rings is 3. The molecule has 1 atom stereocenters. The van der Waals surface area contributed by atoms with E-state index in [1.165, 1.54) is 13.2 Å². The molecule has 0 amide bonds. The highest BCUT2D eigenvalue weighted by molar-refractivity contribution is 9.10. The van der Waals surface area contributed by atoms with Gasteiger partial charge in [-0.25, -0.2) is 0 Å². The van der Waals surface area contributed by atoms with E-state index in [0.717, 1.165) is 18.2 Å². The summed E-state index contributed by atoms with van der Waals surface area (Å²) in [5.74, 6) is -4.79. The lowest BCUT2D eigenvalue weighted by molar-refractivity contribution is -0.140. The van der Waals surface area contributed by atoms with E-state index in [4.69, 9.17) is 9.15 Å². The van der Waals surface area contributed by atoms with Gasteiger partial charge in [0.1, 0.15) is 22.5 Å². The van der Waals surface area contributed by atoms with E-state index < -0.39 is 51.4 Å². The number of methoxy groups -OCH3 is 1. The summed E-state index contributed by atoms with van der Waals surface area (Å²) in [6.07, 6.45) is -0.250. The molecule has 0 bridgehead atoms. The molecule has 10 heteroatoms.